The molecule has 49 heavy (non-hydrogen) atoms. The van der Waals surface area contributed by atoms with E-state index in [4.69, 9.17) is 37.4 Å². The molecule has 3 fully saturated rings. The highest BCUT2D eigenvalue weighted by molar-refractivity contribution is 6.36. The van der Waals surface area contributed by atoms with E-state index < -0.39 is 5.85 Å². The lowest BCUT2D eigenvalue weighted by Gasteiger charge is -2.52. The maximum Gasteiger partial charge on any atom is 0.308 e. The summed E-state index contributed by atoms with van der Waals surface area (Å²) in [5.41, 5.74) is 2.24. The van der Waals surface area contributed by atoms with E-state index in [9.17, 15) is 14.4 Å². The normalized spacial score (nSPS) is 24.8. The number of hydrogen-bond donors (Lipinski definition) is 2. The number of ether oxygens (including phenoxy) is 3. The predicted octanol–water partition coefficient (Wildman–Crippen LogP) is 6.84. The molecule has 3 heterocycles. The number of aromatic nitrogens is 1. The van der Waals surface area contributed by atoms with Crippen LogP contribution >= 0.6 is 23.2 Å². The lowest BCUT2D eigenvalue weighted by molar-refractivity contribution is -0.274. The van der Waals surface area contributed by atoms with Crippen molar-refractivity contribution < 1.29 is 28.6 Å². The van der Waals surface area contributed by atoms with Crippen molar-refractivity contribution in [2.45, 2.75) is 89.9 Å². The minimum atomic E-state index is -1.34. The molecule has 1 amide bonds. The maximum absolute atomic E-state index is 15.0. The first kappa shape index (κ1) is 35.8. The van der Waals surface area contributed by atoms with Gasteiger partial charge in [0.1, 0.15) is 0 Å². The lowest BCUT2D eigenvalue weighted by atomic mass is 9.87. The zero-order chi connectivity index (χ0) is 34.7. The minimum absolute atomic E-state index is 0.0238. The van der Waals surface area contributed by atoms with Crippen molar-refractivity contribution in [1.82, 2.24) is 14.8 Å². The van der Waals surface area contributed by atoms with Crippen molar-refractivity contribution in [3.8, 4) is 0 Å². The SMILES string of the molecule is CCOC(=O)[C@H]1CC[C@H](OC(C(=O)Cc2cc(Cl)c(NC(=O)c3c[nH]c4ccccc34)cc2Cl)(N2CCCC2)N2C[C@@H](C)O[C@@H](C)C2)CC1. The number of rotatable bonds is 11. The average molecular weight is 714 g/mol. The number of carbonyl (C=O) groups excluding carboxylic acids is 3. The summed E-state index contributed by atoms with van der Waals surface area (Å²) in [5, 5.41) is 4.28. The van der Waals surface area contributed by atoms with Gasteiger partial charge in [0.2, 0.25) is 5.85 Å². The van der Waals surface area contributed by atoms with Crippen molar-refractivity contribution in [2.75, 3.05) is 38.1 Å². The first-order valence-electron chi connectivity index (χ1n) is 17.5. The molecule has 1 aliphatic carbocycles. The van der Waals surface area contributed by atoms with Gasteiger partial charge in [-0.15, -0.1) is 0 Å². The number of Topliss-reactive ketones (excluding diaryl/α,β-unsaturated/α-hetero) is 1. The molecule has 0 radical (unpaired) electrons. The third-order valence-electron chi connectivity index (χ3n) is 9.94. The van der Waals surface area contributed by atoms with E-state index in [1.54, 1.807) is 18.3 Å². The molecule has 10 nitrogen and oxygen atoms in total. The Balaban J connectivity index is 1.27. The lowest BCUT2D eigenvalue weighted by Crippen LogP contribution is -2.71. The van der Waals surface area contributed by atoms with Crippen LogP contribution in [0.3, 0.4) is 0 Å². The molecule has 1 aromatic heterocycles. The van der Waals surface area contributed by atoms with Gasteiger partial charge in [-0.2, -0.15) is 0 Å². The van der Waals surface area contributed by atoms with Crippen LogP contribution in [0.1, 0.15) is 75.2 Å². The maximum atomic E-state index is 15.0. The van der Waals surface area contributed by atoms with E-state index in [1.807, 2.05) is 45.0 Å². The molecule has 1 saturated carbocycles. The molecule has 3 aliphatic rings. The third kappa shape index (κ3) is 7.70. The van der Waals surface area contributed by atoms with Crippen molar-refractivity contribution in [3.63, 3.8) is 0 Å². The number of carbonyl (C=O) groups is 3. The van der Waals surface area contributed by atoms with Crippen molar-refractivity contribution in [3.05, 3.63) is 63.8 Å². The standard InChI is InChI=1S/C37H46Cl2N4O6/c1-4-47-36(46)25-11-13-27(14-12-25)49-37(42-15-7-8-16-42,43-21-23(2)48-24(3)22-43)34(44)18-26-17-31(39)33(19-30(26)38)41-35(45)29-20-40-32-10-6-5-9-28(29)32/h5-6,9-10,17,19-20,23-25,27,40H,4,7-8,11-16,18,21-22H2,1-3H3,(H,41,45)/t23-,24+,25-,27-,37?. The van der Waals surface area contributed by atoms with E-state index in [1.165, 1.54) is 0 Å². The first-order valence-corrected chi connectivity index (χ1v) is 18.2. The molecule has 6 rings (SSSR count). The van der Waals surface area contributed by atoms with E-state index in [2.05, 4.69) is 20.1 Å². The molecular weight excluding hydrogens is 667 g/mol. The number of para-hydroxylation sites is 1. The molecule has 0 bridgehead atoms. The Morgan fingerprint density at radius 3 is 2.37 bits per heavy atom. The summed E-state index contributed by atoms with van der Waals surface area (Å²) in [6.45, 7) is 8.71. The average Bonchev–Trinajstić information content (AvgIpc) is 3.77. The second-order valence-corrected chi connectivity index (χ2v) is 14.3. The van der Waals surface area contributed by atoms with E-state index in [-0.39, 0.29) is 53.3 Å². The van der Waals surface area contributed by atoms with Gasteiger partial charge in [-0.25, -0.2) is 0 Å². The zero-order valence-electron chi connectivity index (χ0n) is 28.4. The number of nitrogens with zero attached hydrogens (tertiary/aromatic N) is 2. The smallest absolute Gasteiger partial charge is 0.308 e. The largest absolute Gasteiger partial charge is 0.466 e. The second kappa shape index (κ2) is 15.5. The summed E-state index contributed by atoms with van der Waals surface area (Å²) in [5.74, 6) is -2.12. The summed E-state index contributed by atoms with van der Waals surface area (Å²) < 4.78 is 18.5. The topological polar surface area (TPSA) is 113 Å². The van der Waals surface area contributed by atoms with Crippen LogP contribution in [0, 0.1) is 5.92 Å². The molecule has 264 valence electrons. The van der Waals surface area contributed by atoms with E-state index >= 15 is 0 Å². The Kier molecular flexibility index (Phi) is 11.3. The fraction of sp³-hybridized carbons (Fsp3) is 0.541. The van der Waals surface area contributed by atoms with Crippen LogP contribution in [0.25, 0.3) is 10.9 Å². The summed E-state index contributed by atoms with van der Waals surface area (Å²) in [4.78, 5) is 48.2. The van der Waals surface area contributed by atoms with Gasteiger partial charge >= 0.3 is 5.97 Å². The highest BCUT2D eigenvalue weighted by atomic mass is 35.5. The second-order valence-electron chi connectivity index (χ2n) is 13.5. The zero-order valence-corrected chi connectivity index (χ0v) is 29.9. The Morgan fingerprint density at radius 1 is 0.980 bits per heavy atom. The van der Waals surface area contributed by atoms with Gasteiger partial charge in [-0.3, -0.25) is 24.2 Å². The number of hydrogen-bond acceptors (Lipinski definition) is 8. The Bertz CT molecular complexity index is 1660. The van der Waals surface area contributed by atoms with Crippen LogP contribution in [-0.4, -0.2) is 89.4 Å². The number of anilines is 1. The Morgan fingerprint density at radius 2 is 1.67 bits per heavy atom. The molecule has 0 spiro atoms. The number of benzene rings is 2. The van der Waals surface area contributed by atoms with Crippen LogP contribution in [0.15, 0.2) is 42.6 Å². The van der Waals surface area contributed by atoms with Gasteiger partial charge in [-0.1, -0.05) is 41.4 Å². The highest BCUT2D eigenvalue weighted by Crippen LogP contribution is 2.39. The Hall–Kier alpha value is -2.99. The van der Waals surface area contributed by atoms with Crippen molar-refractivity contribution in [1.29, 1.82) is 0 Å². The Labute approximate surface area is 297 Å². The van der Waals surface area contributed by atoms with Gasteiger partial charge in [-0.05, 0) is 83.1 Å². The number of nitrogens with one attached hydrogen (secondary N) is 2. The summed E-state index contributed by atoms with van der Waals surface area (Å²) in [7, 11) is 0. The number of morpholine rings is 1. The molecule has 2 saturated heterocycles. The number of fused-ring (bicyclic) bond motifs is 1. The molecule has 2 aromatic carbocycles. The number of aromatic amines is 1. The monoisotopic (exact) mass is 712 g/mol. The number of halogens is 2. The van der Waals surface area contributed by atoms with Gasteiger partial charge in [0, 0.05) is 54.7 Å². The molecule has 12 heteroatoms. The minimum Gasteiger partial charge on any atom is -0.466 e. The van der Waals surface area contributed by atoms with Crippen molar-refractivity contribution >= 4 is 57.5 Å². The number of amides is 1. The fourth-order valence-corrected chi connectivity index (χ4v) is 8.14. The van der Waals surface area contributed by atoms with Crippen LogP contribution in [0.4, 0.5) is 5.69 Å². The van der Waals surface area contributed by atoms with Crippen molar-refractivity contribution in [2.24, 2.45) is 5.92 Å². The molecule has 2 aliphatic heterocycles. The molecule has 3 atom stereocenters. The summed E-state index contributed by atoms with van der Waals surface area (Å²) >= 11 is 13.6. The molecule has 2 N–H and O–H groups in total. The van der Waals surface area contributed by atoms with Crippen LogP contribution in [0.5, 0.6) is 0 Å². The quantitative estimate of drug-likeness (QED) is 0.208. The summed E-state index contributed by atoms with van der Waals surface area (Å²) in [6.07, 6.45) is 5.75. The number of likely N-dealkylation sites (tertiary alicyclic amines) is 1. The molecule has 1 unspecified atom stereocenters. The number of esters is 1. The molecular formula is C37H46Cl2N4O6. The molecule has 3 aromatic rings. The third-order valence-corrected chi connectivity index (χ3v) is 10.6. The van der Waals surface area contributed by atoms with Gasteiger partial charge < -0.3 is 24.5 Å². The van der Waals surface area contributed by atoms with Crippen LogP contribution in [-0.2, 0) is 30.2 Å². The highest BCUT2D eigenvalue weighted by Gasteiger charge is 2.54. The predicted molar refractivity (Wildman–Crippen MR) is 190 cm³/mol. The first-order chi connectivity index (χ1) is 23.6. The van der Waals surface area contributed by atoms with Gasteiger partial charge in [0.25, 0.3) is 5.91 Å². The van der Waals surface area contributed by atoms with E-state index in [0.717, 1.165) is 36.8 Å². The number of H-pyrrole nitrogens is 1. The fourth-order valence-electron chi connectivity index (χ4n) is 7.68. The van der Waals surface area contributed by atoms with Crippen LogP contribution in [0.2, 0.25) is 10.0 Å². The van der Waals surface area contributed by atoms with Crippen LogP contribution < -0.4 is 5.32 Å². The van der Waals surface area contributed by atoms with Gasteiger partial charge in [0.05, 0.1) is 47.1 Å². The van der Waals surface area contributed by atoms with Gasteiger partial charge in [0.15, 0.2) is 5.78 Å². The summed E-state index contributed by atoms with van der Waals surface area (Å²) in [6, 6.07) is 10.8. The van der Waals surface area contributed by atoms with E-state index in [0.29, 0.717) is 67.2 Å². The number of ketones is 1.